The van der Waals surface area contributed by atoms with Crippen LogP contribution in [0.5, 0.6) is 5.88 Å². The molecule has 0 fully saturated rings. The number of hydrogen-bond donors (Lipinski definition) is 2. The fourth-order valence-electron chi connectivity index (χ4n) is 1.17. The van der Waals surface area contributed by atoms with Gasteiger partial charge in [0.2, 0.25) is 5.88 Å². The number of nitrogens with zero attached hydrogens (tertiary/aromatic N) is 2. The molecule has 0 aromatic carbocycles. The van der Waals surface area contributed by atoms with Gasteiger partial charge in [-0.25, -0.2) is 0 Å². The molecule has 8 heteroatoms. The normalized spacial score (nSPS) is 11.0. The number of pyridine rings is 1. The lowest BCUT2D eigenvalue weighted by molar-refractivity contribution is -0.276. The molecule has 0 aliphatic carbocycles. The van der Waals surface area contributed by atoms with Crippen molar-refractivity contribution < 1.29 is 17.9 Å². The van der Waals surface area contributed by atoms with Gasteiger partial charge in [0.25, 0.3) is 0 Å². The molecular formula is C9H9F3N4O. The first kappa shape index (κ1) is 13.1. The number of nitrogens with two attached hydrogens (primary N) is 2. The van der Waals surface area contributed by atoms with Crippen LogP contribution in [0.1, 0.15) is 11.1 Å². The van der Waals surface area contributed by atoms with Crippen molar-refractivity contribution in [2.24, 2.45) is 5.73 Å². The van der Waals surface area contributed by atoms with E-state index in [9.17, 15) is 13.2 Å². The van der Waals surface area contributed by atoms with Gasteiger partial charge in [0.1, 0.15) is 5.82 Å². The second-order valence-electron chi connectivity index (χ2n) is 3.08. The van der Waals surface area contributed by atoms with Crippen LogP contribution in [0.3, 0.4) is 0 Å². The molecule has 0 amide bonds. The van der Waals surface area contributed by atoms with Crippen molar-refractivity contribution in [2.75, 3.05) is 5.73 Å². The summed E-state index contributed by atoms with van der Waals surface area (Å²) in [6.07, 6.45) is -5.15. The van der Waals surface area contributed by atoms with Crippen molar-refractivity contribution >= 4 is 5.82 Å². The lowest BCUT2D eigenvalue weighted by Crippen LogP contribution is -2.20. The standard InChI is InChI=1S/C9H9F3N4O/c10-9(11,12)17-8-5(1-2-13)3-6(4-14)7(15)16-8/h3H,1,4,14H2,(H2,15,16). The lowest BCUT2D eigenvalue weighted by Gasteiger charge is -2.13. The first-order valence-corrected chi connectivity index (χ1v) is 4.48. The van der Waals surface area contributed by atoms with Crippen molar-refractivity contribution in [1.29, 1.82) is 5.26 Å². The second-order valence-corrected chi connectivity index (χ2v) is 3.08. The summed E-state index contributed by atoms with van der Waals surface area (Å²) >= 11 is 0. The number of anilines is 1. The largest absolute Gasteiger partial charge is 0.574 e. The highest BCUT2D eigenvalue weighted by Crippen LogP contribution is 2.27. The molecule has 0 unspecified atom stereocenters. The van der Waals surface area contributed by atoms with Gasteiger partial charge in [0, 0.05) is 17.7 Å². The van der Waals surface area contributed by atoms with Crippen LogP contribution in [0.2, 0.25) is 0 Å². The van der Waals surface area contributed by atoms with Gasteiger partial charge in [-0.05, 0) is 6.07 Å². The summed E-state index contributed by atoms with van der Waals surface area (Å²) in [6.45, 7) is 0.0174. The molecule has 0 aliphatic rings. The quantitative estimate of drug-likeness (QED) is 0.831. The Bertz CT molecular complexity index is 453. The maximum absolute atomic E-state index is 12.1. The number of nitrogen functional groups attached to an aromatic ring is 1. The Morgan fingerprint density at radius 1 is 1.41 bits per heavy atom. The fourth-order valence-corrected chi connectivity index (χ4v) is 1.17. The minimum atomic E-state index is -4.88. The summed E-state index contributed by atoms with van der Waals surface area (Å²) in [6, 6.07) is 3.00. The van der Waals surface area contributed by atoms with E-state index >= 15 is 0 Å². The Hall–Kier alpha value is -2.01. The number of alkyl halides is 3. The average Bonchev–Trinajstić information content (AvgIpc) is 2.20. The van der Waals surface area contributed by atoms with E-state index in [1.807, 2.05) is 0 Å². The Morgan fingerprint density at radius 2 is 2.06 bits per heavy atom. The molecule has 0 saturated carbocycles. The van der Waals surface area contributed by atoms with Gasteiger partial charge < -0.3 is 16.2 Å². The van der Waals surface area contributed by atoms with Crippen LogP contribution in [-0.2, 0) is 13.0 Å². The third-order valence-corrected chi connectivity index (χ3v) is 1.88. The van der Waals surface area contributed by atoms with Gasteiger partial charge in [-0.1, -0.05) is 0 Å². The van der Waals surface area contributed by atoms with Gasteiger partial charge >= 0.3 is 6.36 Å². The van der Waals surface area contributed by atoms with Crippen LogP contribution >= 0.6 is 0 Å². The minimum absolute atomic E-state index is 0.000486. The fraction of sp³-hybridized carbons (Fsp3) is 0.333. The predicted octanol–water partition coefficient (Wildman–Crippen LogP) is 1.09. The van der Waals surface area contributed by atoms with Gasteiger partial charge in [0.05, 0.1) is 12.5 Å². The number of aromatic nitrogens is 1. The summed E-state index contributed by atoms with van der Waals surface area (Å²) < 4.78 is 39.9. The first-order valence-electron chi connectivity index (χ1n) is 4.48. The Kier molecular flexibility index (Phi) is 3.75. The molecule has 0 atom stereocenters. The zero-order valence-corrected chi connectivity index (χ0v) is 8.58. The van der Waals surface area contributed by atoms with Crippen LogP contribution in [0.15, 0.2) is 6.07 Å². The highest BCUT2D eigenvalue weighted by Gasteiger charge is 2.33. The average molecular weight is 246 g/mol. The molecule has 5 nitrogen and oxygen atoms in total. The highest BCUT2D eigenvalue weighted by molar-refractivity contribution is 5.46. The Morgan fingerprint density at radius 3 is 2.53 bits per heavy atom. The van der Waals surface area contributed by atoms with Crippen molar-refractivity contribution in [2.45, 2.75) is 19.3 Å². The van der Waals surface area contributed by atoms with E-state index in [0.29, 0.717) is 5.56 Å². The monoisotopic (exact) mass is 246 g/mol. The van der Waals surface area contributed by atoms with E-state index in [4.69, 9.17) is 16.7 Å². The maximum Gasteiger partial charge on any atom is 0.574 e. The molecule has 0 saturated heterocycles. The predicted molar refractivity (Wildman–Crippen MR) is 52.5 cm³/mol. The van der Waals surface area contributed by atoms with E-state index in [1.54, 1.807) is 6.07 Å². The molecule has 0 spiro atoms. The van der Waals surface area contributed by atoms with Crippen LogP contribution in [0, 0.1) is 11.3 Å². The number of ether oxygens (including phenoxy) is 1. The highest BCUT2D eigenvalue weighted by atomic mass is 19.4. The third-order valence-electron chi connectivity index (χ3n) is 1.88. The topological polar surface area (TPSA) is 98.0 Å². The van der Waals surface area contributed by atoms with Crippen molar-refractivity contribution in [3.05, 3.63) is 17.2 Å². The zero-order valence-electron chi connectivity index (χ0n) is 8.58. The van der Waals surface area contributed by atoms with E-state index < -0.39 is 12.2 Å². The smallest absolute Gasteiger partial charge is 0.387 e. The molecule has 0 aliphatic heterocycles. The van der Waals surface area contributed by atoms with E-state index in [0.717, 1.165) is 0 Å². The van der Waals surface area contributed by atoms with Crippen LogP contribution in [0.4, 0.5) is 19.0 Å². The lowest BCUT2D eigenvalue weighted by atomic mass is 10.1. The van der Waals surface area contributed by atoms with Crippen LogP contribution < -0.4 is 16.2 Å². The molecular weight excluding hydrogens is 237 g/mol. The Labute approximate surface area is 94.8 Å². The molecule has 1 aromatic rings. The second kappa shape index (κ2) is 4.88. The SMILES string of the molecule is N#CCc1cc(CN)c(N)nc1OC(F)(F)F. The molecule has 1 rings (SSSR count). The number of nitriles is 1. The number of hydrogen-bond acceptors (Lipinski definition) is 5. The minimum Gasteiger partial charge on any atom is -0.387 e. The van der Waals surface area contributed by atoms with Gasteiger partial charge in [-0.3, -0.25) is 0 Å². The molecule has 1 aromatic heterocycles. The summed E-state index contributed by atoms with van der Waals surface area (Å²) in [5.74, 6) is -0.859. The van der Waals surface area contributed by atoms with Crippen LogP contribution in [0.25, 0.3) is 0 Å². The molecule has 0 bridgehead atoms. The molecule has 0 radical (unpaired) electrons. The summed E-state index contributed by atoms with van der Waals surface area (Å²) in [7, 11) is 0. The van der Waals surface area contributed by atoms with Crippen molar-refractivity contribution in [1.82, 2.24) is 4.98 Å². The number of rotatable bonds is 3. The molecule has 1 heterocycles. The van der Waals surface area contributed by atoms with Gasteiger partial charge in [0.15, 0.2) is 0 Å². The molecule has 17 heavy (non-hydrogen) atoms. The zero-order chi connectivity index (χ0) is 13.1. The summed E-state index contributed by atoms with van der Waals surface area (Å²) in [5.41, 5.74) is 11.1. The van der Waals surface area contributed by atoms with Crippen molar-refractivity contribution in [3.8, 4) is 11.9 Å². The summed E-state index contributed by atoms with van der Waals surface area (Å²) in [4.78, 5) is 3.45. The van der Waals surface area contributed by atoms with E-state index in [1.165, 1.54) is 6.07 Å². The number of halogens is 3. The third kappa shape index (κ3) is 3.49. The first-order chi connectivity index (χ1) is 7.87. The van der Waals surface area contributed by atoms with Crippen molar-refractivity contribution in [3.63, 3.8) is 0 Å². The van der Waals surface area contributed by atoms with Gasteiger partial charge in [-0.2, -0.15) is 10.2 Å². The van der Waals surface area contributed by atoms with Crippen LogP contribution in [-0.4, -0.2) is 11.3 Å². The summed E-state index contributed by atoms with van der Waals surface area (Å²) in [5, 5.41) is 8.50. The Balaban J connectivity index is 3.19. The molecule has 92 valence electrons. The maximum atomic E-state index is 12.1. The van der Waals surface area contributed by atoms with Gasteiger partial charge in [-0.15, -0.1) is 13.2 Å². The van der Waals surface area contributed by atoms with E-state index in [-0.39, 0.29) is 24.3 Å². The van der Waals surface area contributed by atoms with E-state index in [2.05, 4.69) is 9.72 Å². The molecule has 4 N–H and O–H groups in total.